The van der Waals surface area contributed by atoms with Crippen molar-refractivity contribution in [1.29, 1.82) is 0 Å². The van der Waals surface area contributed by atoms with Crippen LogP contribution in [0.3, 0.4) is 0 Å². The van der Waals surface area contributed by atoms with Crippen LogP contribution in [0.1, 0.15) is 35.3 Å². The van der Waals surface area contributed by atoms with Gasteiger partial charge in [-0.05, 0) is 32.6 Å². The number of thiazole rings is 1. The van der Waals surface area contributed by atoms with Gasteiger partial charge >= 0.3 is 6.18 Å². The van der Waals surface area contributed by atoms with Crippen LogP contribution in [0.4, 0.5) is 13.2 Å². The number of alkyl halides is 3. The van der Waals surface area contributed by atoms with Crippen LogP contribution in [0.2, 0.25) is 0 Å². The highest BCUT2D eigenvalue weighted by molar-refractivity contribution is 7.11. The van der Waals surface area contributed by atoms with Gasteiger partial charge in [0.25, 0.3) is 0 Å². The maximum Gasteiger partial charge on any atom is 0.434 e. The van der Waals surface area contributed by atoms with E-state index in [1.54, 1.807) is 6.92 Å². The fourth-order valence-electron chi connectivity index (χ4n) is 2.20. The van der Waals surface area contributed by atoms with Crippen molar-refractivity contribution in [3.05, 3.63) is 15.6 Å². The molecule has 0 amide bonds. The Morgan fingerprint density at radius 1 is 1.42 bits per heavy atom. The molecule has 1 aliphatic carbocycles. The van der Waals surface area contributed by atoms with Gasteiger partial charge in [0.1, 0.15) is 0 Å². The van der Waals surface area contributed by atoms with E-state index in [1.165, 1.54) is 0 Å². The molecule has 1 aliphatic rings. The second kappa shape index (κ2) is 5.03. The molecule has 1 fully saturated rings. The molecule has 1 aromatic rings. The second-order valence-electron chi connectivity index (χ2n) is 5.25. The summed E-state index contributed by atoms with van der Waals surface area (Å²) in [7, 11) is 0. The fourth-order valence-corrected chi connectivity index (χ4v) is 3.09. The minimum absolute atomic E-state index is 0.171. The lowest BCUT2D eigenvalue weighted by Crippen LogP contribution is -2.50. The lowest BCUT2D eigenvalue weighted by atomic mass is 9.96. The van der Waals surface area contributed by atoms with Crippen molar-refractivity contribution < 1.29 is 13.2 Å². The van der Waals surface area contributed by atoms with Gasteiger partial charge in [0.2, 0.25) is 0 Å². The van der Waals surface area contributed by atoms with Crippen LogP contribution in [0, 0.1) is 12.8 Å². The van der Waals surface area contributed by atoms with Crippen LogP contribution in [-0.4, -0.2) is 17.1 Å². The van der Waals surface area contributed by atoms with Crippen LogP contribution in [0.15, 0.2) is 0 Å². The summed E-state index contributed by atoms with van der Waals surface area (Å²) in [5.74, 6) is 0.473. The number of aromatic nitrogens is 1. The zero-order valence-corrected chi connectivity index (χ0v) is 11.8. The molecule has 0 radical (unpaired) electrons. The van der Waals surface area contributed by atoms with Gasteiger partial charge in [0.05, 0.1) is 9.88 Å². The largest absolute Gasteiger partial charge is 0.434 e. The van der Waals surface area contributed by atoms with Gasteiger partial charge in [0, 0.05) is 18.6 Å². The van der Waals surface area contributed by atoms with Gasteiger partial charge in [-0.2, -0.15) is 13.2 Å². The number of nitrogens with one attached hydrogen (secondary N) is 1. The molecule has 1 atom stereocenters. The summed E-state index contributed by atoms with van der Waals surface area (Å²) in [6, 6.07) is 0. The highest BCUT2D eigenvalue weighted by Gasteiger charge is 2.41. The molecule has 1 unspecified atom stereocenters. The Morgan fingerprint density at radius 3 is 2.53 bits per heavy atom. The first-order valence-electron chi connectivity index (χ1n) is 6.25. The summed E-state index contributed by atoms with van der Waals surface area (Å²) in [6.45, 7) is 4.17. The van der Waals surface area contributed by atoms with Gasteiger partial charge in [-0.25, -0.2) is 4.98 Å². The summed E-state index contributed by atoms with van der Waals surface area (Å²) in [5, 5.41) is 3.63. The van der Waals surface area contributed by atoms with E-state index in [2.05, 4.69) is 10.3 Å². The third-order valence-corrected chi connectivity index (χ3v) is 4.60. The number of aryl methyl sites for hydroxylation is 1. The van der Waals surface area contributed by atoms with Crippen LogP contribution in [0.25, 0.3) is 0 Å². The Morgan fingerprint density at radius 2 is 2.05 bits per heavy atom. The van der Waals surface area contributed by atoms with Gasteiger partial charge in [-0.15, -0.1) is 11.3 Å². The van der Waals surface area contributed by atoms with Crippen molar-refractivity contribution in [3.63, 3.8) is 0 Å². The van der Waals surface area contributed by atoms with Gasteiger partial charge < -0.3 is 11.1 Å². The molecule has 1 aromatic heterocycles. The van der Waals surface area contributed by atoms with E-state index in [-0.39, 0.29) is 17.0 Å². The zero-order valence-electron chi connectivity index (χ0n) is 11.0. The molecule has 0 aliphatic heterocycles. The number of nitrogens with zero attached hydrogens (tertiary/aromatic N) is 1. The van der Waals surface area contributed by atoms with Crippen LogP contribution < -0.4 is 11.1 Å². The lowest BCUT2D eigenvalue weighted by molar-refractivity contribution is -0.141. The van der Waals surface area contributed by atoms with E-state index in [9.17, 15) is 13.2 Å². The molecule has 2 rings (SSSR count). The Bertz CT molecular complexity index is 454. The first kappa shape index (κ1) is 14.7. The van der Waals surface area contributed by atoms with E-state index in [1.807, 2.05) is 6.92 Å². The second-order valence-corrected chi connectivity index (χ2v) is 6.54. The summed E-state index contributed by atoms with van der Waals surface area (Å²) >= 11 is 1.09. The van der Waals surface area contributed by atoms with Crippen molar-refractivity contribution >= 4 is 11.3 Å². The number of hydrogen-bond donors (Lipinski definition) is 2. The summed E-state index contributed by atoms with van der Waals surface area (Å²) in [5.41, 5.74) is 4.70. The maximum absolute atomic E-state index is 12.8. The zero-order chi connectivity index (χ0) is 14.3. The van der Waals surface area contributed by atoms with E-state index >= 15 is 0 Å². The molecular weight excluding hydrogens is 275 g/mol. The molecular formula is C12H18F3N3S. The van der Waals surface area contributed by atoms with Gasteiger partial charge in [-0.1, -0.05) is 0 Å². The first-order chi connectivity index (χ1) is 8.76. The molecule has 0 saturated heterocycles. The molecule has 3 N–H and O–H groups in total. The SMILES string of the molecule is Cc1nc(C(F)(F)F)c(CNC(C)(CN)C2CC2)s1. The molecule has 7 heteroatoms. The van der Waals surface area contributed by atoms with Crippen molar-refractivity contribution in [2.24, 2.45) is 11.7 Å². The molecule has 0 aromatic carbocycles. The molecule has 0 bridgehead atoms. The van der Waals surface area contributed by atoms with Crippen molar-refractivity contribution in [1.82, 2.24) is 10.3 Å². The van der Waals surface area contributed by atoms with E-state index in [0.717, 1.165) is 24.2 Å². The van der Waals surface area contributed by atoms with Crippen LogP contribution >= 0.6 is 11.3 Å². The number of halogens is 3. The summed E-state index contributed by atoms with van der Waals surface area (Å²) < 4.78 is 38.5. The maximum atomic E-state index is 12.8. The Kier molecular flexibility index (Phi) is 3.90. The lowest BCUT2D eigenvalue weighted by Gasteiger charge is -2.29. The monoisotopic (exact) mass is 293 g/mol. The first-order valence-corrected chi connectivity index (χ1v) is 7.06. The fraction of sp³-hybridized carbons (Fsp3) is 0.750. The molecule has 0 spiro atoms. The standard InChI is InChI=1S/C12H18F3N3S/c1-7-18-10(12(13,14)15)9(19-7)5-17-11(2,6-16)8-3-4-8/h8,17H,3-6,16H2,1-2H3. The third kappa shape index (κ3) is 3.27. The summed E-state index contributed by atoms with van der Waals surface area (Å²) in [4.78, 5) is 3.83. The van der Waals surface area contributed by atoms with E-state index < -0.39 is 11.9 Å². The highest BCUT2D eigenvalue weighted by atomic mass is 32.1. The van der Waals surface area contributed by atoms with Crippen molar-refractivity contribution in [2.75, 3.05) is 6.54 Å². The quantitative estimate of drug-likeness (QED) is 0.877. The number of rotatable bonds is 5. The highest BCUT2D eigenvalue weighted by Crippen LogP contribution is 2.40. The number of nitrogens with two attached hydrogens (primary N) is 1. The molecule has 3 nitrogen and oxygen atoms in total. The number of hydrogen-bond acceptors (Lipinski definition) is 4. The third-order valence-electron chi connectivity index (χ3n) is 3.63. The van der Waals surface area contributed by atoms with Crippen molar-refractivity contribution in [2.45, 2.75) is 44.9 Å². The minimum atomic E-state index is -4.39. The summed E-state index contributed by atoms with van der Waals surface area (Å²) in [6.07, 6.45) is -2.20. The molecule has 108 valence electrons. The molecule has 1 heterocycles. The Labute approximate surface area is 114 Å². The van der Waals surface area contributed by atoms with Crippen LogP contribution in [0.5, 0.6) is 0 Å². The predicted octanol–water partition coefficient (Wildman–Crippen LogP) is 2.69. The molecule has 1 saturated carbocycles. The van der Waals surface area contributed by atoms with E-state index in [4.69, 9.17) is 5.73 Å². The smallest absolute Gasteiger partial charge is 0.329 e. The Balaban J connectivity index is 2.11. The topological polar surface area (TPSA) is 50.9 Å². The van der Waals surface area contributed by atoms with Crippen molar-refractivity contribution in [3.8, 4) is 0 Å². The Hall–Kier alpha value is -0.660. The van der Waals surface area contributed by atoms with Crippen LogP contribution in [-0.2, 0) is 12.7 Å². The average Bonchev–Trinajstić information content (AvgIpc) is 3.09. The van der Waals surface area contributed by atoms with E-state index in [0.29, 0.717) is 17.5 Å². The van der Waals surface area contributed by atoms with Gasteiger partial charge in [0.15, 0.2) is 5.69 Å². The predicted molar refractivity (Wildman–Crippen MR) is 68.9 cm³/mol. The normalized spacial score (nSPS) is 19.5. The molecule has 19 heavy (non-hydrogen) atoms. The van der Waals surface area contributed by atoms with Gasteiger partial charge in [-0.3, -0.25) is 0 Å². The minimum Gasteiger partial charge on any atom is -0.329 e. The average molecular weight is 293 g/mol.